The third-order valence-electron chi connectivity index (χ3n) is 5.53. The van der Waals surface area contributed by atoms with Gasteiger partial charge in [0.1, 0.15) is 12.4 Å². The molecule has 8 heteroatoms. The zero-order chi connectivity index (χ0) is 20.4. The van der Waals surface area contributed by atoms with Gasteiger partial charge in [-0.15, -0.1) is 0 Å². The molecule has 2 fully saturated rings. The van der Waals surface area contributed by atoms with Gasteiger partial charge in [0.25, 0.3) is 11.8 Å². The van der Waals surface area contributed by atoms with Crippen LogP contribution in [0.25, 0.3) is 0 Å². The number of nitrogens with zero attached hydrogens (tertiary/aromatic N) is 3. The highest BCUT2D eigenvalue weighted by Gasteiger charge is 2.42. The lowest BCUT2D eigenvalue weighted by atomic mass is 9.92. The minimum atomic E-state index is -0.640. The van der Waals surface area contributed by atoms with Gasteiger partial charge in [0.15, 0.2) is 11.5 Å². The van der Waals surface area contributed by atoms with Gasteiger partial charge in [-0.05, 0) is 55.7 Å². The highest BCUT2D eigenvalue weighted by molar-refractivity contribution is 5.95. The quantitative estimate of drug-likeness (QED) is 0.777. The highest BCUT2D eigenvalue weighted by Crippen LogP contribution is 2.33. The second-order valence-electron chi connectivity index (χ2n) is 7.41. The van der Waals surface area contributed by atoms with Gasteiger partial charge in [-0.25, -0.2) is 13.8 Å². The lowest BCUT2D eigenvalue weighted by Crippen LogP contribution is -2.55. The molecule has 0 saturated carbocycles. The lowest BCUT2D eigenvalue weighted by molar-refractivity contribution is -0.140. The van der Waals surface area contributed by atoms with E-state index < -0.39 is 17.3 Å². The van der Waals surface area contributed by atoms with Crippen LogP contribution in [-0.4, -0.2) is 53.5 Å². The van der Waals surface area contributed by atoms with Crippen molar-refractivity contribution in [2.75, 3.05) is 31.1 Å². The summed E-state index contributed by atoms with van der Waals surface area (Å²) in [4.78, 5) is 32.1. The van der Waals surface area contributed by atoms with Crippen LogP contribution in [0.15, 0.2) is 42.6 Å². The smallest absolute Gasteiger partial charge is 0.275 e. The highest BCUT2D eigenvalue weighted by atomic mass is 19.1. The molecule has 1 atom stereocenters. The number of aromatic nitrogens is 1. The zero-order valence-electron chi connectivity index (χ0n) is 15.8. The maximum Gasteiger partial charge on any atom is 0.275 e. The molecule has 4 rings (SSSR count). The standard InChI is InChI=1S/C21H21F2N3O3/c22-15-4-6-16(7-5-15)26-14-21(29-13-18(26)27)8-2-11-25(12-9-21)20(28)19-17(23)3-1-10-24-19/h1,3-7,10H,2,8-9,11-14H2. The van der Waals surface area contributed by atoms with Gasteiger partial charge in [-0.2, -0.15) is 0 Å². The Morgan fingerprint density at radius 3 is 2.66 bits per heavy atom. The van der Waals surface area contributed by atoms with Crippen molar-refractivity contribution in [3.63, 3.8) is 0 Å². The molecule has 29 heavy (non-hydrogen) atoms. The number of rotatable bonds is 2. The van der Waals surface area contributed by atoms with Gasteiger partial charge >= 0.3 is 0 Å². The van der Waals surface area contributed by atoms with Crippen molar-refractivity contribution in [1.29, 1.82) is 0 Å². The number of likely N-dealkylation sites (tertiary alicyclic amines) is 1. The van der Waals surface area contributed by atoms with Gasteiger partial charge in [-0.3, -0.25) is 9.59 Å². The first-order valence-corrected chi connectivity index (χ1v) is 9.57. The Morgan fingerprint density at radius 1 is 1.10 bits per heavy atom. The number of hydrogen-bond acceptors (Lipinski definition) is 4. The number of anilines is 1. The number of amides is 2. The van der Waals surface area contributed by atoms with Crippen molar-refractivity contribution in [2.45, 2.75) is 24.9 Å². The Balaban J connectivity index is 1.49. The first-order valence-electron chi connectivity index (χ1n) is 9.57. The van der Waals surface area contributed by atoms with E-state index in [1.807, 2.05) is 0 Å². The Bertz CT molecular complexity index is 922. The predicted octanol–water partition coefficient (Wildman–Crippen LogP) is 2.79. The number of carbonyl (C=O) groups excluding carboxylic acids is 2. The van der Waals surface area contributed by atoms with Crippen molar-refractivity contribution >= 4 is 17.5 Å². The summed E-state index contributed by atoms with van der Waals surface area (Å²) in [6.45, 7) is 1.10. The Morgan fingerprint density at radius 2 is 1.90 bits per heavy atom. The summed E-state index contributed by atoms with van der Waals surface area (Å²) in [6, 6.07) is 8.45. The molecule has 0 N–H and O–H groups in total. The number of carbonyl (C=O) groups is 2. The first-order chi connectivity index (χ1) is 14.0. The van der Waals surface area contributed by atoms with E-state index in [0.29, 0.717) is 44.6 Å². The van der Waals surface area contributed by atoms with Gasteiger partial charge in [-0.1, -0.05) is 0 Å². The van der Waals surface area contributed by atoms with Crippen LogP contribution in [0.5, 0.6) is 0 Å². The summed E-state index contributed by atoms with van der Waals surface area (Å²) >= 11 is 0. The minimum Gasteiger partial charge on any atom is -0.363 e. The van der Waals surface area contributed by atoms with Crippen LogP contribution in [-0.2, 0) is 9.53 Å². The van der Waals surface area contributed by atoms with Gasteiger partial charge in [0.2, 0.25) is 0 Å². The zero-order valence-corrected chi connectivity index (χ0v) is 15.8. The molecular formula is C21H21F2N3O3. The Labute approximate surface area is 167 Å². The second kappa shape index (κ2) is 7.87. The SMILES string of the molecule is O=C(c1ncccc1F)N1CCCC2(CC1)CN(c1ccc(F)cc1)C(=O)CO2. The summed E-state index contributed by atoms with van der Waals surface area (Å²) < 4.78 is 33.1. The number of ether oxygens (including phenoxy) is 1. The van der Waals surface area contributed by atoms with Crippen molar-refractivity contribution in [3.05, 3.63) is 59.9 Å². The monoisotopic (exact) mass is 401 g/mol. The number of halogens is 2. The van der Waals surface area contributed by atoms with Crippen LogP contribution >= 0.6 is 0 Å². The summed E-state index contributed by atoms with van der Waals surface area (Å²) in [5.74, 6) is -1.63. The van der Waals surface area contributed by atoms with E-state index in [1.165, 1.54) is 30.5 Å². The summed E-state index contributed by atoms with van der Waals surface area (Å²) in [5.41, 5.74) is -0.164. The van der Waals surface area contributed by atoms with E-state index in [9.17, 15) is 18.4 Å². The summed E-state index contributed by atoms with van der Waals surface area (Å²) in [6.07, 6.45) is 3.22. The maximum atomic E-state index is 13.9. The molecule has 2 amide bonds. The molecule has 2 aliphatic rings. The van der Waals surface area contributed by atoms with E-state index in [-0.39, 0.29) is 24.0 Å². The van der Waals surface area contributed by atoms with E-state index in [0.717, 1.165) is 0 Å². The van der Waals surface area contributed by atoms with Crippen LogP contribution in [0.2, 0.25) is 0 Å². The van der Waals surface area contributed by atoms with Gasteiger partial charge in [0.05, 0.1) is 12.1 Å². The largest absolute Gasteiger partial charge is 0.363 e. The van der Waals surface area contributed by atoms with Crippen LogP contribution in [0.1, 0.15) is 29.8 Å². The van der Waals surface area contributed by atoms with Gasteiger partial charge < -0.3 is 14.5 Å². The van der Waals surface area contributed by atoms with Crippen molar-refractivity contribution in [1.82, 2.24) is 9.88 Å². The normalized spacial score (nSPS) is 22.6. The molecule has 152 valence electrons. The fourth-order valence-electron chi connectivity index (χ4n) is 3.94. The third-order valence-corrected chi connectivity index (χ3v) is 5.53. The molecule has 2 aliphatic heterocycles. The van der Waals surface area contributed by atoms with Crippen LogP contribution < -0.4 is 4.90 Å². The molecule has 6 nitrogen and oxygen atoms in total. The molecular weight excluding hydrogens is 380 g/mol. The molecule has 0 bridgehead atoms. The number of morpholine rings is 1. The third kappa shape index (κ3) is 3.98. The molecule has 1 aromatic heterocycles. The van der Waals surface area contributed by atoms with Crippen LogP contribution in [0, 0.1) is 11.6 Å². The molecule has 1 aromatic carbocycles. The minimum absolute atomic E-state index is 0.0693. The molecule has 1 unspecified atom stereocenters. The van der Waals surface area contributed by atoms with Crippen LogP contribution in [0.4, 0.5) is 14.5 Å². The van der Waals surface area contributed by atoms with Crippen LogP contribution in [0.3, 0.4) is 0 Å². The average molecular weight is 401 g/mol. The molecule has 2 saturated heterocycles. The second-order valence-corrected chi connectivity index (χ2v) is 7.41. The molecule has 1 spiro atoms. The molecule has 0 radical (unpaired) electrons. The average Bonchev–Trinajstić information content (AvgIpc) is 2.93. The topological polar surface area (TPSA) is 62.7 Å². The maximum absolute atomic E-state index is 13.9. The number of hydrogen-bond donors (Lipinski definition) is 0. The van der Waals surface area contributed by atoms with Gasteiger partial charge in [0, 0.05) is 25.0 Å². The molecule has 3 heterocycles. The lowest BCUT2D eigenvalue weighted by Gasteiger charge is -2.42. The fraction of sp³-hybridized carbons (Fsp3) is 0.381. The predicted molar refractivity (Wildman–Crippen MR) is 101 cm³/mol. The first kappa shape index (κ1) is 19.4. The fourth-order valence-corrected chi connectivity index (χ4v) is 3.94. The van der Waals surface area contributed by atoms with Crippen molar-refractivity contribution in [3.8, 4) is 0 Å². The summed E-state index contributed by atoms with van der Waals surface area (Å²) in [7, 11) is 0. The van der Waals surface area contributed by atoms with E-state index >= 15 is 0 Å². The van der Waals surface area contributed by atoms with E-state index in [1.54, 1.807) is 21.9 Å². The summed E-state index contributed by atoms with van der Waals surface area (Å²) in [5, 5.41) is 0. The molecule has 2 aromatic rings. The molecule has 0 aliphatic carbocycles. The van der Waals surface area contributed by atoms with E-state index in [2.05, 4.69) is 4.98 Å². The Hall–Kier alpha value is -2.87. The number of benzene rings is 1. The van der Waals surface area contributed by atoms with E-state index in [4.69, 9.17) is 4.74 Å². The van der Waals surface area contributed by atoms with Crippen molar-refractivity contribution in [2.24, 2.45) is 0 Å². The number of pyridine rings is 1. The van der Waals surface area contributed by atoms with Crippen molar-refractivity contribution < 1.29 is 23.1 Å². The Kier molecular flexibility index (Phi) is 5.27.